The van der Waals surface area contributed by atoms with Gasteiger partial charge in [0, 0.05) is 26.2 Å². The van der Waals surface area contributed by atoms with E-state index in [4.69, 9.17) is 0 Å². The summed E-state index contributed by atoms with van der Waals surface area (Å²) < 4.78 is 0. The van der Waals surface area contributed by atoms with Gasteiger partial charge in [0.15, 0.2) is 0 Å². The maximum Gasteiger partial charge on any atom is 0.291 e. The van der Waals surface area contributed by atoms with Gasteiger partial charge in [0.1, 0.15) is 12.4 Å². The van der Waals surface area contributed by atoms with Crippen molar-refractivity contribution < 1.29 is 14.7 Å². The fraction of sp³-hybridized carbons (Fsp3) is 0.733. The van der Waals surface area contributed by atoms with Crippen LogP contribution in [0.1, 0.15) is 42.7 Å². The summed E-state index contributed by atoms with van der Waals surface area (Å²) in [4.78, 5) is 31.8. The predicted octanol–water partition coefficient (Wildman–Crippen LogP) is 0.0303. The van der Waals surface area contributed by atoms with Crippen LogP contribution in [-0.2, 0) is 4.79 Å². The minimum atomic E-state index is -0.896. The Hall–Kier alpha value is -1.96. The number of amides is 2. The predicted molar refractivity (Wildman–Crippen MR) is 81.4 cm³/mol. The number of aromatic nitrogens is 3. The van der Waals surface area contributed by atoms with Gasteiger partial charge in [0.2, 0.25) is 5.82 Å². The van der Waals surface area contributed by atoms with Crippen LogP contribution < -0.4 is 0 Å². The molecule has 2 fully saturated rings. The molecule has 1 aromatic heterocycles. The molecule has 1 saturated carbocycles. The average Bonchev–Trinajstić information content (AvgIpc) is 3.15. The van der Waals surface area contributed by atoms with Crippen LogP contribution >= 0.6 is 0 Å². The first kappa shape index (κ1) is 15.9. The van der Waals surface area contributed by atoms with Gasteiger partial charge in [-0.15, -0.1) is 0 Å². The number of carbonyl (C=O) groups is 2. The fourth-order valence-corrected chi connectivity index (χ4v) is 3.43. The van der Waals surface area contributed by atoms with Crippen LogP contribution in [0.5, 0.6) is 0 Å². The molecule has 0 radical (unpaired) electrons. The largest absolute Gasteiger partial charge is 0.383 e. The van der Waals surface area contributed by atoms with E-state index in [9.17, 15) is 14.7 Å². The summed E-state index contributed by atoms with van der Waals surface area (Å²) in [6, 6.07) is 0. The van der Waals surface area contributed by atoms with Crippen LogP contribution in [-0.4, -0.2) is 74.2 Å². The molecular formula is C15H23N5O3. The molecule has 1 aromatic rings. The van der Waals surface area contributed by atoms with Crippen molar-refractivity contribution >= 4 is 11.8 Å². The zero-order valence-corrected chi connectivity index (χ0v) is 13.1. The molecule has 1 aliphatic heterocycles. The lowest BCUT2D eigenvalue weighted by Crippen LogP contribution is -2.54. The fourth-order valence-electron chi connectivity index (χ4n) is 3.43. The van der Waals surface area contributed by atoms with Crippen LogP contribution in [0.25, 0.3) is 0 Å². The number of carbonyl (C=O) groups excluding carboxylic acids is 2. The molecule has 1 atom stereocenters. The van der Waals surface area contributed by atoms with Crippen LogP contribution in [0.3, 0.4) is 0 Å². The highest BCUT2D eigenvalue weighted by atomic mass is 16.3. The summed E-state index contributed by atoms with van der Waals surface area (Å²) in [6.45, 7) is 1.79. The van der Waals surface area contributed by atoms with Crippen molar-refractivity contribution in [3.8, 4) is 0 Å². The number of hydrogen-bond donors (Lipinski definition) is 2. The molecule has 8 heteroatoms. The van der Waals surface area contributed by atoms with Crippen molar-refractivity contribution in [3.05, 3.63) is 12.2 Å². The van der Waals surface area contributed by atoms with Crippen molar-refractivity contribution in [2.45, 2.75) is 38.2 Å². The smallest absolute Gasteiger partial charge is 0.291 e. The topological polar surface area (TPSA) is 102 Å². The molecule has 0 spiro atoms. The van der Waals surface area contributed by atoms with E-state index in [-0.39, 0.29) is 23.6 Å². The first-order valence-corrected chi connectivity index (χ1v) is 8.28. The standard InChI is InChI=1S/C15H23N5O3/c21-12(11-4-2-1-3-5-11)14(22)19-6-8-20(9-7-19)15(23)13-16-10-17-18-13/h10-12,21H,1-9H2,(H,16,17,18). The highest BCUT2D eigenvalue weighted by Gasteiger charge is 2.33. The minimum Gasteiger partial charge on any atom is -0.383 e. The lowest BCUT2D eigenvalue weighted by molar-refractivity contribution is -0.145. The first-order chi connectivity index (χ1) is 11.2. The third kappa shape index (κ3) is 3.52. The van der Waals surface area contributed by atoms with Crippen LogP contribution in [0.2, 0.25) is 0 Å². The van der Waals surface area contributed by atoms with Gasteiger partial charge < -0.3 is 14.9 Å². The van der Waals surface area contributed by atoms with Gasteiger partial charge >= 0.3 is 0 Å². The first-order valence-electron chi connectivity index (χ1n) is 8.28. The second-order valence-corrected chi connectivity index (χ2v) is 6.29. The van der Waals surface area contributed by atoms with Gasteiger partial charge in [-0.3, -0.25) is 14.7 Å². The van der Waals surface area contributed by atoms with E-state index in [1.165, 1.54) is 12.7 Å². The molecule has 2 heterocycles. The van der Waals surface area contributed by atoms with Crippen molar-refractivity contribution in [2.75, 3.05) is 26.2 Å². The van der Waals surface area contributed by atoms with Gasteiger partial charge in [-0.25, -0.2) is 4.98 Å². The number of aromatic amines is 1. The third-order valence-electron chi connectivity index (χ3n) is 4.85. The Morgan fingerprint density at radius 3 is 2.39 bits per heavy atom. The van der Waals surface area contributed by atoms with Gasteiger partial charge in [-0.2, -0.15) is 5.10 Å². The quantitative estimate of drug-likeness (QED) is 0.818. The van der Waals surface area contributed by atoms with Crippen molar-refractivity contribution in [1.82, 2.24) is 25.0 Å². The van der Waals surface area contributed by atoms with Crippen LogP contribution in [0.15, 0.2) is 6.33 Å². The summed E-state index contributed by atoms with van der Waals surface area (Å²) in [5.41, 5.74) is 0. The molecule has 2 aliphatic rings. The molecule has 1 saturated heterocycles. The van der Waals surface area contributed by atoms with E-state index in [1.54, 1.807) is 9.80 Å². The van der Waals surface area contributed by atoms with E-state index in [2.05, 4.69) is 15.2 Å². The minimum absolute atomic E-state index is 0.0881. The van der Waals surface area contributed by atoms with Crippen LogP contribution in [0, 0.1) is 5.92 Å². The normalized spacial score (nSPS) is 21.3. The SMILES string of the molecule is O=C(c1ncn[nH]1)N1CCN(C(=O)C(O)C2CCCCC2)CC1. The lowest BCUT2D eigenvalue weighted by atomic mass is 9.85. The van der Waals surface area contributed by atoms with E-state index >= 15 is 0 Å². The van der Waals surface area contributed by atoms with E-state index in [1.807, 2.05) is 0 Å². The summed E-state index contributed by atoms with van der Waals surface area (Å²) in [7, 11) is 0. The summed E-state index contributed by atoms with van der Waals surface area (Å²) >= 11 is 0. The molecule has 3 rings (SSSR count). The Morgan fingerprint density at radius 2 is 1.78 bits per heavy atom. The van der Waals surface area contributed by atoms with E-state index in [0.29, 0.717) is 26.2 Å². The Morgan fingerprint density at radius 1 is 1.13 bits per heavy atom. The number of piperazine rings is 1. The van der Waals surface area contributed by atoms with Gasteiger partial charge in [0.25, 0.3) is 11.8 Å². The van der Waals surface area contributed by atoms with Crippen molar-refractivity contribution in [1.29, 1.82) is 0 Å². The van der Waals surface area contributed by atoms with Gasteiger partial charge in [0.05, 0.1) is 0 Å². The van der Waals surface area contributed by atoms with Crippen molar-refractivity contribution in [3.63, 3.8) is 0 Å². The zero-order chi connectivity index (χ0) is 16.2. The Balaban J connectivity index is 1.52. The summed E-state index contributed by atoms with van der Waals surface area (Å²) in [5.74, 6) is -0.0942. The Labute approximate surface area is 134 Å². The highest BCUT2D eigenvalue weighted by molar-refractivity contribution is 5.90. The molecule has 126 valence electrons. The molecule has 1 unspecified atom stereocenters. The maximum absolute atomic E-state index is 12.4. The van der Waals surface area contributed by atoms with E-state index in [0.717, 1.165) is 25.7 Å². The molecule has 0 aromatic carbocycles. The van der Waals surface area contributed by atoms with Gasteiger partial charge in [-0.1, -0.05) is 19.3 Å². The Kier molecular flexibility index (Phi) is 4.90. The molecular weight excluding hydrogens is 298 g/mol. The second-order valence-electron chi connectivity index (χ2n) is 6.29. The molecule has 0 bridgehead atoms. The number of hydrogen-bond acceptors (Lipinski definition) is 5. The summed E-state index contributed by atoms with van der Waals surface area (Å²) in [5, 5.41) is 16.6. The van der Waals surface area contributed by atoms with Crippen molar-refractivity contribution in [2.24, 2.45) is 5.92 Å². The number of nitrogens with one attached hydrogen (secondary N) is 1. The van der Waals surface area contributed by atoms with E-state index < -0.39 is 6.10 Å². The highest BCUT2D eigenvalue weighted by Crippen LogP contribution is 2.27. The molecule has 23 heavy (non-hydrogen) atoms. The number of rotatable bonds is 3. The second kappa shape index (κ2) is 7.08. The lowest BCUT2D eigenvalue weighted by Gasteiger charge is -2.37. The number of H-pyrrole nitrogens is 1. The maximum atomic E-state index is 12.4. The average molecular weight is 321 g/mol. The Bertz CT molecular complexity index is 533. The number of aliphatic hydroxyl groups excluding tert-OH is 1. The third-order valence-corrected chi connectivity index (χ3v) is 4.85. The molecule has 8 nitrogen and oxygen atoms in total. The van der Waals surface area contributed by atoms with Gasteiger partial charge in [-0.05, 0) is 18.8 Å². The zero-order valence-electron chi connectivity index (χ0n) is 13.1. The molecule has 2 N–H and O–H groups in total. The molecule has 2 amide bonds. The van der Waals surface area contributed by atoms with Crippen LogP contribution in [0.4, 0.5) is 0 Å². The molecule has 1 aliphatic carbocycles. The number of aliphatic hydroxyl groups is 1. The monoisotopic (exact) mass is 321 g/mol. The summed E-state index contributed by atoms with van der Waals surface area (Å²) in [6.07, 6.45) is 5.64. The number of nitrogens with zero attached hydrogens (tertiary/aromatic N) is 4.